The van der Waals surface area contributed by atoms with Gasteiger partial charge in [0, 0.05) is 19.1 Å². The van der Waals surface area contributed by atoms with Crippen molar-refractivity contribution in [1.82, 2.24) is 15.1 Å². The molecule has 2 fully saturated rings. The zero-order valence-corrected chi connectivity index (χ0v) is 13.8. The molecule has 1 aliphatic carbocycles. The molecule has 1 amide bonds. The van der Waals surface area contributed by atoms with E-state index in [0.717, 1.165) is 6.54 Å². The zero-order valence-electron chi connectivity index (χ0n) is 13.8. The van der Waals surface area contributed by atoms with Crippen molar-refractivity contribution in [2.45, 2.75) is 50.6 Å². The molecule has 2 N–H and O–H groups in total. The summed E-state index contributed by atoms with van der Waals surface area (Å²) in [5.74, 6) is -0.276. The van der Waals surface area contributed by atoms with Crippen LogP contribution in [0.1, 0.15) is 38.5 Å². The number of hydrogen-bond donors (Lipinski definition) is 2. The van der Waals surface area contributed by atoms with Gasteiger partial charge in [-0.1, -0.05) is 19.3 Å². The van der Waals surface area contributed by atoms with Crippen LogP contribution in [0.25, 0.3) is 0 Å². The molecule has 1 saturated heterocycles. The Hall–Kier alpha value is -1.14. The van der Waals surface area contributed by atoms with Crippen molar-refractivity contribution >= 4 is 11.9 Å². The maximum Gasteiger partial charge on any atom is 0.320 e. The summed E-state index contributed by atoms with van der Waals surface area (Å²) < 4.78 is 0. The lowest BCUT2D eigenvalue weighted by molar-refractivity contribution is -0.142. The van der Waals surface area contributed by atoms with Crippen LogP contribution in [0.4, 0.5) is 0 Å². The SMILES string of the molecule is CN(C)[C@@H]1C[C@@H](C(=O)O)N(CC(=O)NCC2CCCCC2)C1. The molecule has 0 aromatic rings. The molecule has 2 atom stereocenters. The van der Waals surface area contributed by atoms with Crippen LogP contribution in [0, 0.1) is 5.92 Å². The van der Waals surface area contributed by atoms with E-state index in [1.807, 2.05) is 19.0 Å². The number of amides is 1. The number of carboxylic acid groups (broad SMARTS) is 1. The number of likely N-dealkylation sites (tertiary alicyclic amines) is 1. The number of carbonyl (C=O) groups excluding carboxylic acids is 1. The first-order chi connectivity index (χ1) is 10.5. The normalized spacial score (nSPS) is 27.2. The summed E-state index contributed by atoms with van der Waals surface area (Å²) in [7, 11) is 3.91. The smallest absolute Gasteiger partial charge is 0.320 e. The second-order valence-electron chi connectivity index (χ2n) is 6.94. The fraction of sp³-hybridized carbons (Fsp3) is 0.875. The highest BCUT2D eigenvalue weighted by molar-refractivity contribution is 5.80. The molecule has 6 nitrogen and oxygen atoms in total. The van der Waals surface area contributed by atoms with Gasteiger partial charge in [0.15, 0.2) is 0 Å². The minimum atomic E-state index is -0.829. The monoisotopic (exact) mass is 311 g/mol. The molecule has 6 heteroatoms. The molecule has 0 spiro atoms. The number of nitrogens with zero attached hydrogens (tertiary/aromatic N) is 2. The first-order valence-electron chi connectivity index (χ1n) is 8.37. The number of carbonyl (C=O) groups is 2. The quantitative estimate of drug-likeness (QED) is 0.758. The molecule has 126 valence electrons. The Kier molecular flexibility index (Phi) is 6.20. The van der Waals surface area contributed by atoms with Gasteiger partial charge in [-0.3, -0.25) is 14.5 Å². The second-order valence-corrected chi connectivity index (χ2v) is 6.94. The summed E-state index contributed by atoms with van der Waals surface area (Å²) in [5, 5.41) is 12.3. The van der Waals surface area contributed by atoms with Gasteiger partial charge < -0.3 is 15.3 Å². The molecule has 2 aliphatic rings. The van der Waals surface area contributed by atoms with Crippen molar-refractivity contribution in [1.29, 1.82) is 0 Å². The van der Waals surface area contributed by atoms with E-state index < -0.39 is 12.0 Å². The average Bonchev–Trinajstić information content (AvgIpc) is 2.90. The molecule has 0 unspecified atom stereocenters. The van der Waals surface area contributed by atoms with Crippen LogP contribution in [0.15, 0.2) is 0 Å². The summed E-state index contributed by atoms with van der Waals surface area (Å²) in [6.45, 7) is 1.57. The predicted molar refractivity (Wildman–Crippen MR) is 84.7 cm³/mol. The van der Waals surface area contributed by atoms with Crippen LogP contribution < -0.4 is 5.32 Å². The van der Waals surface area contributed by atoms with Gasteiger partial charge >= 0.3 is 5.97 Å². The van der Waals surface area contributed by atoms with Gasteiger partial charge in [-0.15, -0.1) is 0 Å². The van der Waals surface area contributed by atoms with Crippen LogP contribution in [0.3, 0.4) is 0 Å². The maximum atomic E-state index is 12.1. The van der Waals surface area contributed by atoms with Crippen molar-refractivity contribution in [3.63, 3.8) is 0 Å². The Morgan fingerprint density at radius 3 is 2.50 bits per heavy atom. The molecular weight excluding hydrogens is 282 g/mol. The fourth-order valence-electron chi connectivity index (χ4n) is 3.57. The van der Waals surface area contributed by atoms with E-state index in [0.29, 0.717) is 18.9 Å². The summed E-state index contributed by atoms with van der Waals surface area (Å²) in [6.07, 6.45) is 6.81. The molecule has 1 heterocycles. The summed E-state index contributed by atoms with van der Waals surface area (Å²) in [6, 6.07) is -0.347. The molecule has 0 radical (unpaired) electrons. The summed E-state index contributed by atoms with van der Waals surface area (Å²) >= 11 is 0. The second kappa shape index (κ2) is 7.92. The van der Waals surface area contributed by atoms with Crippen molar-refractivity contribution in [3.8, 4) is 0 Å². The van der Waals surface area contributed by atoms with Crippen LogP contribution in [-0.4, -0.2) is 72.6 Å². The Bertz CT molecular complexity index is 394. The molecular formula is C16H29N3O3. The highest BCUT2D eigenvalue weighted by Crippen LogP contribution is 2.23. The molecule has 1 aliphatic heterocycles. The van der Waals surface area contributed by atoms with E-state index in [1.165, 1.54) is 32.1 Å². The van der Waals surface area contributed by atoms with Gasteiger partial charge in [0.2, 0.25) is 5.91 Å². The largest absolute Gasteiger partial charge is 0.480 e. The first kappa shape index (κ1) is 17.2. The van der Waals surface area contributed by atoms with E-state index in [4.69, 9.17) is 0 Å². The van der Waals surface area contributed by atoms with E-state index >= 15 is 0 Å². The van der Waals surface area contributed by atoms with E-state index in [1.54, 1.807) is 4.90 Å². The molecule has 0 aromatic heterocycles. The lowest BCUT2D eigenvalue weighted by Crippen LogP contribution is -2.44. The Morgan fingerprint density at radius 2 is 1.91 bits per heavy atom. The van der Waals surface area contributed by atoms with E-state index in [-0.39, 0.29) is 18.5 Å². The highest BCUT2D eigenvalue weighted by Gasteiger charge is 2.38. The minimum absolute atomic E-state index is 0.0452. The molecule has 0 bridgehead atoms. The minimum Gasteiger partial charge on any atom is -0.480 e. The van der Waals surface area contributed by atoms with Gasteiger partial charge in [-0.05, 0) is 39.3 Å². The van der Waals surface area contributed by atoms with Crippen molar-refractivity contribution < 1.29 is 14.7 Å². The Balaban J connectivity index is 1.79. The van der Waals surface area contributed by atoms with Gasteiger partial charge in [0.05, 0.1) is 6.54 Å². The van der Waals surface area contributed by atoms with Crippen LogP contribution in [-0.2, 0) is 9.59 Å². The van der Waals surface area contributed by atoms with Crippen molar-refractivity contribution in [2.24, 2.45) is 5.92 Å². The van der Waals surface area contributed by atoms with Crippen molar-refractivity contribution in [3.05, 3.63) is 0 Å². The topological polar surface area (TPSA) is 72.9 Å². The number of nitrogens with one attached hydrogen (secondary N) is 1. The van der Waals surface area contributed by atoms with Crippen LogP contribution >= 0.6 is 0 Å². The summed E-state index contributed by atoms with van der Waals surface area (Å²) in [4.78, 5) is 27.3. The number of aliphatic carboxylic acids is 1. The third-order valence-electron chi connectivity index (χ3n) is 5.06. The van der Waals surface area contributed by atoms with E-state index in [2.05, 4.69) is 5.32 Å². The predicted octanol–water partition coefficient (Wildman–Crippen LogP) is 0.772. The van der Waals surface area contributed by atoms with Gasteiger partial charge in [-0.25, -0.2) is 0 Å². The number of likely N-dealkylation sites (N-methyl/N-ethyl adjacent to an activating group) is 1. The Morgan fingerprint density at radius 1 is 1.23 bits per heavy atom. The number of carboxylic acids is 1. The zero-order chi connectivity index (χ0) is 16.1. The summed E-state index contributed by atoms with van der Waals surface area (Å²) in [5.41, 5.74) is 0. The lowest BCUT2D eigenvalue weighted by Gasteiger charge is -2.24. The van der Waals surface area contributed by atoms with Gasteiger partial charge in [0.25, 0.3) is 0 Å². The molecule has 22 heavy (non-hydrogen) atoms. The third-order valence-corrected chi connectivity index (χ3v) is 5.06. The maximum absolute atomic E-state index is 12.1. The van der Waals surface area contributed by atoms with Gasteiger partial charge in [0.1, 0.15) is 6.04 Å². The highest BCUT2D eigenvalue weighted by atomic mass is 16.4. The molecule has 1 saturated carbocycles. The van der Waals surface area contributed by atoms with Crippen LogP contribution in [0.5, 0.6) is 0 Å². The molecule has 2 rings (SSSR count). The van der Waals surface area contributed by atoms with Crippen molar-refractivity contribution in [2.75, 3.05) is 33.7 Å². The lowest BCUT2D eigenvalue weighted by atomic mass is 9.89. The number of rotatable bonds is 6. The molecule has 0 aromatic carbocycles. The standard InChI is InChI=1S/C16H29N3O3/c1-18(2)13-8-14(16(21)22)19(10-13)11-15(20)17-9-12-6-4-3-5-7-12/h12-14H,3-11H2,1-2H3,(H,17,20)(H,21,22)/t13-,14+/m1/s1. The number of hydrogen-bond acceptors (Lipinski definition) is 4. The average molecular weight is 311 g/mol. The van der Waals surface area contributed by atoms with Crippen LogP contribution in [0.2, 0.25) is 0 Å². The Labute approximate surface area is 132 Å². The van der Waals surface area contributed by atoms with Gasteiger partial charge in [-0.2, -0.15) is 0 Å². The fourth-order valence-corrected chi connectivity index (χ4v) is 3.57. The first-order valence-corrected chi connectivity index (χ1v) is 8.37. The third kappa shape index (κ3) is 4.68. The van der Waals surface area contributed by atoms with E-state index in [9.17, 15) is 14.7 Å².